The van der Waals surface area contributed by atoms with E-state index >= 15 is 0 Å². The summed E-state index contributed by atoms with van der Waals surface area (Å²) in [5.74, 6) is -0.812. The van der Waals surface area contributed by atoms with Crippen molar-refractivity contribution in [1.82, 2.24) is 0 Å². The lowest BCUT2D eigenvalue weighted by molar-refractivity contribution is -0.342. The topological polar surface area (TPSA) is 236 Å². The molecular weight excluding hydrogens is 446 g/mol. The zero-order valence-electron chi connectivity index (χ0n) is 17.2. The van der Waals surface area contributed by atoms with E-state index in [1.165, 1.54) is 24.3 Å². The standard InChI is InChI=1S/C19H25N3O11/c20-22-8-3-1-7(2-4-8)17(30)21-18-14(28)13(27)16(10(6-24)31-18)33-19-15(29)12(26)11(25)9(5-23)32-19/h1-4,9-16,18-19,23-29H,5-6H2/p+1/t9-,10-,11-,12+,13-,14-,15-,16-,18-,19+/m1/s1. The molecule has 0 amide bonds. The van der Waals surface area contributed by atoms with Gasteiger partial charge in [0.1, 0.15) is 42.7 Å². The maximum absolute atomic E-state index is 12.4. The fraction of sp³-hybridized carbons (Fsp3) is 0.632. The summed E-state index contributed by atoms with van der Waals surface area (Å²) < 4.78 is 16.2. The Morgan fingerprint density at radius 3 is 2.24 bits per heavy atom. The van der Waals surface area contributed by atoms with Crippen LogP contribution in [0.15, 0.2) is 29.3 Å². The molecule has 0 spiro atoms. The molecule has 2 heterocycles. The molecule has 0 aromatic heterocycles. The first-order valence-corrected chi connectivity index (χ1v) is 10.0. The van der Waals surface area contributed by atoms with Crippen molar-refractivity contribution in [3.8, 4) is 0 Å². The van der Waals surface area contributed by atoms with E-state index < -0.39 is 80.5 Å². The molecule has 0 radical (unpaired) electrons. The lowest BCUT2D eigenvalue weighted by Crippen LogP contribution is -2.64. The monoisotopic (exact) mass is 472 g/mol. The SMILES string of the molecule is N#[N+]c1ccc(C([O-])=N[C@@H]2O[C@H](CO)[C@@H](O[C@@H]3O[C@H](C[OH2+])[C@@H](O)[C@H](O)[C@H]3O)[C@H](O)[C@H]2O)cc1. The van der Waals surface area contributed by atoms with Crippen molar-refractivity contribution < 1.29 is 55.1 Å². The number of aliphatic imine (C=N–C) groups is 1. The van der Waals surface area contributed by atoms with Gasteiger partial charge >= 0.3 is 5.69 Å². The molecule has 2 aliphatic heterocycles. The van der Waals surface area contributed by atoms with Crippen LogP contribution in [0.4, 0.5) is 5.69 Å². The number of benzene rings is 1. The molecule has 0 unspecified atom stereocenters. The van der Waals surface area contributed by atoms with Crippen LogP contribution in [0.3, 0.4) is 0 Å². The zero-order chi connectivity index (χ0) is 24.3. The number of aliphatic hydroxyl groups is 6. The van der Waals surface area contributed by atoms with Crippen LogP contribution < -0.4 is 5.11 Å². The van der Waals surface area contributed by atoms with Crippen molar-refractivity contribution in [2.24, 2.45) is 4.99 Å². The van der Waals surface area contributed by atoms with Crippen LogP contribution in [0, 0.1) is 5.39 Å². The molecule has 10 atom stereocenters. The summed E-state index contributed by atoms with van der Waals surface area (Å²) in [6.07, 6.45) is -15.7. The fourth-order valence-electron chi connectivity index (χ4n) is 3.56. The molecule has 0 bridgehead atoms. The first-order valence-electron chi connectivity index (χ1n) is 10.0. The Bertz CT molecular complexity index is 860. The third-order valence-corrected chi connectivity index (χ3v) is 5.47. The second-order valence-corrected chi connectivity index (χ2v) is 7.63. The Labute approximate surface area is 187 Å². The number of hydrogen-bond acceptors (Lipinski definition) is 12. The molecule has 0 saturated carbocycles. The van der Waals surface area contributed by atoms with E-state index in [-0.39, 0.29) is 11.3 Å². The number of aliphatic hydroxyl groups excluding tert-OH is 6. The number of rotatable bonds is 6. The Kier molecular flexibility index (Phi) is 8.26. The Hall–Kier alpha value is -2.29. The summed E-state index contributed by atoms with van der Waals surface area (Å²) in [6, 6.07) is 5.35. The van der Waals surface area contributed by atoms with E-state index in [1.54, 1.807) is 0 Å². The highest BCUT2D eigenvalue weighted by Gasteiger charge is 2.50. The van der Waals surface area contributed by atoms with Crippen LogP contribution in [-0.2, 0) is 14.2 Å². The molecule has 2 aliphatic rings. The van der Waals surface area contributed by atoms with Gasteiger partial charge in [-0.3, -0.25) is 4.99 Å². The maximum atomic E-state index is 12.4. The summed E-state index contributed by atoms with van der Waals surface area (Å²) in [6.45, 7) is -1.20. The molecule has 1 aromatic carbocycles. The molecule has 0 aliphatic carbocycles. The average molecular weight is 472 g/mol. The molecular formula is C19H26N3O11+. The van der Waals surface area contributed by atoms with Gasteiger partial charge in [0.15, 0.2) is 30.2 Å². The Morgan fingerprint density at radius 2 is 1.67 bits per heavy atom. The highest BCUT2D eigenvalue weighted by atomic mass is 16.7. The first kappa shape index (κ1) is 25.3. The molecule has 33 heavy (non-hydrogen) atoms. The summed E-state index contributed by atoms with van der Waals surface area (Å²) in [5.41, 5.74) is 0.285. The number of diazo groups is 1. The molecule has 14 nitrogen and oxygen atoms in total. The van der Waals surface area contributed by atoms with Crippen LogP contribution in [-0.4, -0.2) is 116 Å². The molecule has 182 valence electrons. The summed E-state index contributed by atoms with van der Waals surface area (Å²) >= 11 is 0. The molecule has 1 aromatic rings. The van der Waals surface area contributed by atoms with Gasteiger partial charge in [-0.25, -0.2) is 0 Å². The van der Waals surface area contributed by atoms with E-state index in [0.29, 0.717) is 0 Å². The van der Waals surface area contributed by atoms with E-state index in [4.69, 9.17) is 24.7 Å². The van der Waals surface area contributed by atoms with Crippen molar-refractivity contribution >= 4 is 11.6 Å². The second kappa shape index (κ2) is 10.8. The summed E-state index contributed by atoms with van der Waals surface area (Å²) in [5, 5.41) is 89.1. The van der Waals surface area contributed by atoms with Gasteiger partial charge in [-0.1, -0.05) is 0 Å². The van der Waals surface area contributed by atoms with Gasteiger partial charge in [0.25, 0.3) is 0 Å². The fourth-order valence-corrected chi connectivity index (χ4v) is 3.56. The van der Waals surface area contributed by atoms with E-state index in [1.807, 2.05) is 0 Å². The minimum Gasteiger partial charge on any atom is -0.858 e. The highest BCUT2D eigenvalue weighted by molar-refractivity contribution is 5.91. The minimum absolute atomic E-state index is 0.0827. The van der Waals surface area contributed by atoms with Crippen molar-refractivity contribution in [2.45, 2.75) is 61.3 Å². The van der Waals surface area contributed by atoms with Gasteiger partial charge in [0.2, 0.25) is 5.39 Å². The predicted octanol–water partition coefficient (Wildman–Crippen LogP) is -4.37. The first-order chi connectivity index (χ1) is 15.7. The van der Waals surface area contributed by atoms with Crippen LogP contribution in [0.2, 0.25) is 0 Å². The van der Waals surface area contributed by atoms with Crippen molar-refractivity contribution in [2.75, 3.05) is 13.2 Å². The number of hydrogen-bond donors (Lipinski definition) is 6. The lowest BCUT2D eigenvalue weighted by atomic mass is 9.96. The Morgan fingerprint density at radius 1 is 1.00 bits per heavy atom. The van der Waals surface area contributed by atoms with Crippen LogP contribution in [0.1, 0.15) is 5.56 Å². The van der Waals surface area contributed by atoms with Crippen molar-refractivity contribution in [3.63, 3.8) is 0 Å². The van der Waals surface area contributed by atoms with Gasteiger partial charge in [0, 0.05) is 12.1 Å². The molecule has 14 heteroatoms. The van der Waals surface area contributed by atoms with Gasteiger partial charge < -0.3 is 55.1 Å². The molecule has 2 saturated heterocycles. The zero-order valence-corrected chi connectivity index (χ0v) is 17.2. The summed E-state index contributed by atoms with van der Waals surface area (Å²) in [4.78, 5) is 6.69. The normalized spacial score (nSPS) is 39.8. The van der Waals surface area contributed by atoms with Crippen LogP contribution in [0.25, 0.3) is 4.98 Å². The second-order valence-electron chi connectivity index (χ2n) is 7.63. The lowest BCUT2D eigenvalue weighted by Gasteiger charge is -2.45. The molecule has 2 fully saturated rings. The van der Waals surface area contributed by atoms with Crippen LogP contribution >= 0.6 is 0 Å². The Balaban J connectivity index is 1.75. The maximum Gasteiger partial charge on any atom is 0.385 e. The molecule has 3 rings (SSSR count). The van der Waals surface area contributed by atoms with Crippen LogP contribution in [0.5, 0.6) is 0 Å². The van der Waals surface area contributed by atoms with E-state index in [9.17, 15) is 35.7 Å². The predicted molar refractivity (Wildman–Crippen MR) is 106 cm³/mol. The quantitative estimate of drug-likeness (QED) is 0.100. The minimum atomic E-state index is -1.78. The van der Waals surface area contributed by atoms with Gasteiger partial charge in [0.05, 0.1) is 6.61 Å². The molecule has 8 N–H and O–H groups in total. The smallest absolute Gasteiger partial charge is 0.385 e. The summed E-state index contributed by atoms with van der Waals surface area (Å²) in [7, 11) is 0. The largest absolute Gasteiger partial charge is 0.858 e. The third-order valence-electron chi connectivity index (χ3n) is 5.47. The van der Waals surface area contributed by atoms with Crippen molar-refractivity contribution in [1.29, 1.82) is 5.39 Å². The van der Waals surface area contributed by atoms with Gasteiger partial charge in [-0.15, -0.1) is 0 Å². The van der Waals surface area contributed by atoms with E-state index in [2.05, 4.69) is 9.97 Å². The van der Waals surface area contributed by atoms with Crippen molar-refractivity contribution in [3.05, 3.63) is 34.8 Å². The van der Waals surface area contributed by atoms with E-state index in [0.717, 1.165) is 0 Å². The highest BCUT2D eigenvalue weighted by Crippen LogP contribution is 2.29. The number of nitrogens with zero attached hydrogens (tertiary/aromatic N) is 3. The van der Waals surface area contributed by atoms with Gasteiger partial charge in [-0.2, -0.15) is 0 Å². The number of ether oxygens (including phenoxy) is 3. The van der Waals surface area contributed by atoms with Gasteiger partial charge in [-0.05, 0) is 23.6 Å². The average Bonchev–Trinajstić information content (AvgIpc) is 2.83. The third kappa shape index (κ3) is 5.28.